The van der Waals surface area contributed by atoms with Gasteiger partial charge in [0.15, 0.2) is 5.82 Å². The van der Waals surface area contributed by atoms with Gasteiger partial charge in [-0.1, -0.05) is 13.8 Å². The minimum atomic E-state index is -0.371. The molecule has 0 fully saturated rings. The first kappa shape index (κ1) is 15.1. The Bertz CT molecular complexity index is 339. The second kappa shape index (κ2) is 7.44. The molecule has 4 heteroatoms. The molecule has 0 saturated carbocycles. The zero-order valence-electron chi connectivity index (χ0n) is 12.0. The maximum Gasteiger partial charge on any atom is 0.159 e. The van der Waals surface area contributed by atoms with Crippen molar-refractivity contribution < 1.29 is 4.74 Å². The lowest BCUT2D eigenvalue weighted by Crippen LogP contribution is -2.28. The van der Waals surface area contributed by atoms with Crippen molar-refractivity contribution in [1.29, 1.82) is 0 Å². The van der Waals surface area contributed by atoms with Crippen molar-refractivity contribution in [1.82, 2.24) is 15.3 Å². The molecule has 0 bridgehead atoms. The molecule has 1 rings (SSSR count). The summed E-state index contributed by atoms with van der Waals surface area (Å²) >= 11 is 0. The fourth-order valence-electron chi connectivity index (χ4n) is 1.77. The molecule has 0 amide bonds. The van der Waals surface area contributed by atoms with Gasteiger partial charge in [0.2, 0.25) is 0 Å². The minimum Gasteiger partial charge on any atom is -0.368 e. The van der Waals surface area contributed by atoms with Crippen molar-refractivity contribution in [2.45, 2.75) is 52.7 Å². The lowest BCUT2D eigenvalue weighted by Gasteiger charge is -2.26. The molecular formula is C14H25N3O. The van der Waals surface area contributed by atoms with Crippen molar-refractivity contribution in [3.05, 3.63) is 23.8 Å². The number of aromatic nitrogens is 2. The summed E-state index contributed by atoms with van der Waals surface area (Å²) in [4.78, 5) is 8.89. The standard InChI is InChI=1S/C14H25N3O/c1-5-8-15-9-12-10-16-13(17-11-12)14(4,6-2)18-7-3/h10-11,15H,5-9H2,1-4H3. The molecule has 102 valence electrons. The molecule has 0 aliphatic rings. The molecular weight excluding hydrogens is 226 g/mol. The Morgan fingerprint density at radius 1 is 1.22 bits per heavy atom. The Morgan fingerprint density at radius 3 is 2.39 bits per heavy atom. The van der Waals surface area contributed by atoms with Crippen LogP contribution in [0.15, 0.2) is 12.4 Å². The van der Waals surface area contributed by atoms with Crippen LogP contribution in [0.4, 0.5) is 0 Å². The van der Waals surface area contributed by atoms with Crippen LogP contribution < -0.4 is 5.32 Å². The van der Waals surface area contributed by atoms with E-state index in [2.05, 4.69) is 29.1 Å². The topological polar surface area (TPSA) is 47.0 Å². The van der Waals surface area contributed by atoms with Gasteiger partial charge in [-0.05, 0) is 33.2 Å². The average Bonchev–Trinajstić information content (AvgIpc) is 2.40. The molecule has 1 aromatic rings. The molecule has 0 radical (unpaired) electrons. The average molecular weight is 251 g/mol. The van der Waals surface area contributed by atoms with Gasteiger partial charge in [-0.15, -0.1) is 0 Å². The van der Waals surface area contributed by atoms with E-state index in [0.717, 1.165) is 37.3 Å². The van der Waals surface area contributed by atoms with E-state index in [0.29, 0.717) is 6.61 Å². The van der Waals surface area contributed by atoms with Gasteiger partial charge in [-0.3, -0.25) is 0 Å². The summed E-state index contributed by atoms with van der Waals surface area (Å²) < 4.78 is 5.76. The van der Waals surface area contributed by atoms with Crippen molar-refractivity contribution in [2.75, 3.05) is 13.2 Å². The van der Waals surface area contributed by atoms with Crippen LogP contribution in [0.3, 0.4) is 0 Å². The smallest absolute Gasteiger partial charge is 0.159 e. The molecule has 18 heavy (non-hydrogen) atoms. The SMILES string of the molecule is CCCNCc1cnc(C(C)(CC)OCC)nc1. The normalized spacial score (nSPS) is 14.4. The molecule has 1 atom stereocenters. The number of ether oxygens (including phenoxy) is 1. The Kier molecular flexibility index (Phi) is 6.22. The second-order valence-electron chi connectivity index (χ2n) is 4.61. The predicted molar refractivity (Wildman–Crippen MR) is 73.3 cm³/mol. The lowest BCUT2D eigenvalue weighted by molar-refractivity contribution is -0.0390. The number of nitrogens with zero attached hydrogens (tertiary/aromatic N) is 2. The van der Waals surface area contributed by atoms with E-state index < -0.39 is 0 Å². The van der Waals surface area contributed by atoms with Crippen LogP contribution in [-0.2, 0) is 16.9 Å². The number of nitrogens with one attached hydrogen (secondary N) is 1. The van der Waals surface area contributed by atoms with Gasteiger partial charge in [0, 0.05) is 31.1 Å². The summed E-state index contributed by atoms with van der Waals surface area (Å²) in [6, 6.07) is 0. The highest BCUT2D eigenvalue weighted by Crippen LogP contribution is 2.25. The first-order valence-electron chi connectivity index (χ1n) is 6.82. The van der Waals surface area contributed by atoms with Crippen LogP contribution in [0.2, 0.25) is 0 Å². The van der Waals surface area contributed by atoms with E-state index in [1.165, 1.54) is 0 Å². The molecule has 1 unspecified atom stereocenters. The van der Waals surface area contributed by atoms with E-state index in [1.807, 2.05) is 26.2 Å². The predicted octanol–water partition coefficient (Wildman–Crippen LogP) is 2.64. The number of hydrogen-bond donors (Lipinski definition) is 1. The Morgan fingerprint density at radius 2 is 1.89 bits per heavy atom. The van der Waals surface area contributed by atoms with Crippen LogP contribution in [0, 0.1) is 0 Å². The maximum absolute atomic E-state index is 5.76. The summed E-state index contributed by atoms with van der Waals surface area (Å²) in [7, 11) is 0. The van der Waals surface area contributed by atoms with Crippen molar-refractivity contribution in [3.8, 4) is 0 Å². The highest BCUT2D eigenvalue weighted by molar-refractivity contribution is 5.08. The van der Waals surface area contributed by atoms with E-state index >= 15 is 0 Å². The summed E-state index contributed by atoms with van der Waals surface area (Å²) in [6.45, 7) is 10.8. The van der Waals surface area contributed by atoms with Crippen LogP contribution in [0.1, 0.15) is 51.9 Å². The quantitative estimate of drug-likeness (QED) is 0.722. The van der Waals surface area contributed by atoms with Crippen molar-refractivity contribution in [3.63, 3.8) is 0 Å². The van der Waals surface area contributed by atoms with Gasteiger partial charge >= 0.3 is 0 Å². The molecule has 0 aliphatic heterocycles. The van der Waals surface area contributed by atoms with Crippen LogP contribution >= 0.6 is 0 Å². The second-order valence-corrected chi connectivity index (χ2v) is 4.61. The monoisotopic (exact) mass is 251 g/mol. The molecule has 1 aromatic heterocycles. The summed E-state index contributed by atoms with van der Waals surface area (Å²) in [5.41, 5.74) is 0.742. The van der Waals surface area contributed by atoms with E-state index in [9.17, 15) is 0 Å². The number of hydrogen-bond acceptors (Lipinski definition) is 4. The third-order valence-electron chi connectivity index (χ3n) is 3.07. The molecule has 0 aromatic carbocycles. The third-order valence-corrected chi connectivity index (χ3v) is 3.07. The Hall–Kier alpha value is -1.00. The van der Waals surface area contributed by atoms with Crippen LogP contribution in [0.25, 0.3) is 0 Å². The maximum atomic E-state index is 5.76. The Balaban J connectivity index is 2.68. The molecule has 1 N–H and O–H groups in total. The lowest BCUT2D eigenvalue weighted by atomic mass is 10.0. The molecule has 0 aliphatic carbocycles. The van der Waals surface area contributed by atoms with E-state index in [4.69, 9.17) is 4.74 Å². The summed E-state index contributed by atoms with van der Waals surface area (Å²) in [5.74, 6) is 0.770. The van der Waals surface area contributed by atoms with Crippen LogP contribution in [0.5, 0.6) is 0 Å². The molecule has 0 spiro atoms. The van der Waals surface area contributed by atoms with Gasteiger partial charge < -0.3 is 10.1 Å². The fourth-order valence-corrected chi connectivity index (χ4v) is 1.77. The first-order valence-corrected chi connectivity index (χ1v) is 6.82. The molecule has 1 heterocycles. The minimum absolute atomic E-state index is 0.371. The molecule has 4 nitrogen and oxygen atoms in total. The third kappa shape index (κ3) is 4.03. The zero-order chi connectivity index (χ0) is 13.4. The summed E-state index contributed by atoms with van der Waals surface area (Å²) in [6.07, 6.45) is 5.78. The zero-order valence-corrected chi connectivity index (χ0v) is 12.0. The Labute approximate surface area is 110 Å². The van der Waals surface area contributed by atoms with Crippen LogP contribution in [-0.4, -0.2) is 23.1 Å². The van der Waals surface area contributed by atoms with Gasteiger partial charge in [0.25, 0.3) is 0 Å². The number of rotatable bonds is 8. The highest BCUT2D eigenvalue weighted by atomic mass is 16.5. The fraction of sp³-hybridized carbons (Fsp3) is 0.714. The van der Waals surface area contributed by atoms with Gasteiger partial charge in [-0.25, -0.2) is 9.97 Å². The van der Waals surface area contributed by atoms with Gasteiger partial charge in [-0.2, -0.15) is 0 Å². The first-order chi connectivity index (χ1) is 8.66. The molecule has 0 saturated heterocycles. The van der Waals surface area contributed by atoms with E-state index in [-0.39, 0.29) is 5.60 Å². The van der Waals surface area contributed by atoms with Crippen molar-refractivity contribution in [2.24, 2.45) is 0 Å². The van der Waals surface area contributed by atoms with E-state index in [1.54, 1.807) is 0 Å². The largest absolute Gasteiger partial charge is 0.368 e. The van der Waals surface area contributed by atoms with Gasteiger partial charge in [0.05, 0.1) is 0 Å². The summed E-state index contributed by atoms with van der Waals surface area (Å²) in [5, 5.41) is 3.34. The van der Waals surface area contributed by atoms with Gasteiger partial charge in [0.1, 0.15) is 5.60 Å². The highest BCUT2D eigenvalue weighted by Gasteiger charge is 2.27. The van der Waals surface area contributed by atoms with Crippen molar-refractivity contribution >= 4 is 0 Å².